The Morgan fingerprint density at radius 2 is 2.00 bits per heavy atom. The third kappa shape index (κ3) is 5.85. The minimum absolute atomic E-state index is 0.00247. The van der Waals surface area contributed by atoms with Crippen molar-refractivity contribution in [2.24, 2.45) is 0 Å². The van der Waals surface area contributed by atoms with E-state index in [-0.39, 0.29) is 17.9 Å². The lowest BCUT2D eigenvalue weighted by atomic mass is 10.1. The number of hydrogen-bond acceptors (Lipinski definition) is 3. The van der Waals surface area contributed by atoms with Crippen molar-refractivity contribution in [1.82, 2.24) is 10.2 Å². The third-order valence-electron chi connectivity index (χ3n) is 3.49. The second-order valence-electron chi connectivity index (χ2n) is 5.01. The summed E-state index contributed by atoms with van der Waals surface area (Å²) < 4.78 is 0. The van der Waals surface area contributed by atoms with Crippen LogP contribution in [0.2, 0.25) is 0 Å². The van der Waals surface area contributed by atoms with Gasteiger partial charge in [-0.05, 0) is 31.3 Å². The SMILES string of the molecule is CCC1NC(=O)CCN(CCCCCCSC)C1=O. The van der Waals surface area contributed by atoms with Gasteiger partial charge in [0.1, 0.15) is 6.04 Å². The molecule has 0 spiro atoms. The summed E-state index contributed by atoms with van der Waals surface area (Å²) in [6, 6.07) is -0.313. The number of hydrogen-bond donors (Lipinski definition) is 1. The van der Waals surface area contributed by atoms with E-state index in [1.807, 2.05) is 23.6 Å². The van der Waals surface area contributed by atoms with E-state index in [2.05, 4.69) is 11.6 Å². The monoisotopic (exact) mass is 286 g/mol. The highest BCUT2D eigenvalue weighted by atomic mass is 32.2. The summed E-state index contributed by atoms with van der Waals surface area (Å²) in [6.07, 6.45) is 7.95. The Kier molecular flexibility index (Phi) is 7.94. The zero-order valence-corrected chi connectivity index (χ0v) is 12.9. The molecule has 110 valence electrons. The van der Waals surface area contributed by atoms with Crippen LogP contribution >= 0.6 is 11.8 Å². The molecule has 19 heavy (non-hydrogen) atoms. The van der Waals surface area contributed by atoms with Gasteiger partial charge < -0.3 is 10.2 Å². The van der Waals surface area contributed by atoms with Crippen molar-refractivity contribution in [3.8, 4) is 0 Å². The van der Waals surface area contributed by atoms with E-state index in [1.54, 1.807) is 0 Å². The van der Waals surface area contributed by atoms with Gasteiger partial charge in [-0.25, -0.2) is 0 Å². The first kappa shape index (κ1) is 16.3. The molecule has 1 atom stereocenters. The van der Waals surface area contributed by atoms with E-state index < -0.39 is 0 Å². The summed E-state index contributed by atoms with van der Waals surface area (Å²) in [4.78, 5) is 25.6. The molecule has 1 rings (SSSR count). The van der Waals surface area contributed by atoms with Gasteiger partial charge in [0.25, 0.3) is 0 Å². The van der Waals surface area contributed by atoms with Crippen LogP contribution in [0.3, 0.4) is 0 Å². The lowest BCUT2D eigenvalue weighted by Gasteiger charge is -2.23. The predicted octanol–water partition coefficient (Wildman–Crippen LogP) is 2.04. The lowest BCUT2D eigenvalue weighted by Crippen LogP contribution is -2.44. The molecule has 4 nitrogen and oxygen atoms in total. The van der Waals surface area contributed by atoms with Crippen molar-refractivity contribution < 1.29 is 9.59 Å². The first-order valence-electron chi connectivity index (χ1n) is 7.26. The molecule has 2 amide bonds. The standard InChI is InChI=1S/C14H26N2O2S/c1-3-12-14(18)16(10-8-13(17)15-12)9-6-4-5-7-11-19-2/h12H,3-11H2,1-2H3,(H,15,17). The molecule has 1 N–H and O–H groups in total. The first-order valence-corrected chi connectivity index (χ1v) is 8.65. The van der Waals surface area contributed by atoms with Crippen molar-refractivity contribution in [3.63, 3.8) is 0 Å². The van der Waals surface area contributed by atoms with Crippen LogP contribution in [-0.2, 0) is 9.59 Å². The Balaban J connectivity index is 2.30. The summed E-state index contributed by atoms with van der Waals surface area (Å²) in [6.45, 7) is 3.31. The van der Waals surface area contributed by atoms with Gasteiger partial charge >= 0.3 is 0 Å². The van der Waals surface area contributed by atoms with Crippen LogP contribution in [0.15, 0.2) is 0 Å². The fourth-order valence-corrected chi connectivity index (χ4v) is 2.79. The largest absolute Gasteiger partial charge is 0.344 e. The number of amides is 2. The fraction of sp³-hybridized carbons (Fsp3) is 0.857. The maximum absolute atomic E-state index is 12.2. The molecular weight excluding hydrogens is 260 g/mol. The highest BCUT2D eigenvalue weighted by Gasteiger charge is 2.27. The van der Waals surface area contributed by atoms with Crippen molar-refractivity contribution in [1.29, 1.82) is 0 Å². The summed E-state index contributed by atoms with van der Waals surface area (Å²) in [5, 5.41) is 2.79. The van der Waals surface area contributed by atoms with Crippen molar-refractivity contribution >= 4 is 23.6 Å². The van der Waals surface area contributed by atoms with Crippen molar-refractivity contribution in [2.45, 2.75) is 51.5 Å². The summed E-state index contributed by atoms with van der Waals surface area (Å²) in [5.74, 6) is 1.32. The molecule has 1 aliphatic heterocycles. The number of carbonyl (C=O) groups excluding carboxylic acids is 2. The minimum Gasteiger partial charge on any atom is -0.344 e. The Morgan fingerprint density at radius 1 is 1.26 bits per heavy atom. The van der Waals surface area contributed by atoms with E-state index >= 15 is 0 Å². The second-order valence-corrected chi connectivity index (χ2v) is 6.00. The van der Waals surface area contributed by atoms with Gasteiger partial charge in [0.15, 0.2) is 0 Å². The topological polar surface area (TPSA) is 49.4 Å². The van der Waals surface area contributed by atoms with E-state index in [0.717, 1.165) is 13.0 Å². The van der Waals surface area contributed by atoms with Crippen LogP contribution in [0.5, 0.6) is 0 Å². The van der Waals surface area contributed by atoms with Crippen LogP contribution in [0, 0.1) is 0 Å². The first-order chi connectivity index (χ1) is 9.19. The number of nitrogens with zero attached hydrogens (tertiary/aromatic N) is 1. The van der Waals surface area contributed by atoms with Gasteiger partial charge in [0, 0.05) is 19.5 Å². The molecule has 0 aromatic carbocycles. The Morgan fingerprint density at radius 3 is 2.68 bits per heavy atom. The molecule has 1 saturated heterocycles. The molecule has 0 aromatic heterocycles. The maximum atomic E-state index is 12.2. The minimum atomic E-state index is -0.313. The molecule has 1 fully saturated rings. The molecule has 0 aliphatic carbocycles. The average Bonchev–Trinajstić information content (AvgIpc) is 2.54. The van der Waals surface area contributed by atoms with Gasteiger partial charge in [-0.15, -0.1) is 0 Å². The number of unbranched alkanes of at least 4 members (excludes halogenated alkanes) is 3. The molecular formula is C14H26N2O2S. The molecule has 1 unspecified atom stereocenters. The summed E-state index contributed by atoms with van der Waals surface area (Å²) in [5.41, 5.74) is 0. The van der Waals surface area contributed by atoms with Gasteiger partial charge in [0.05, 0.1) is 0 Å². The Bertz CT molecular complexity index is 297. The van der Waals surface area contributed by atoms with E-state index in [0.29, 0.717) is 19.4 Å². The maximum Gasteiger partial charge on any atom is 0.245 e. The van der Waals surface area contributed by atoms with Gasteiger partial charge in [0.2, 0.25) is 11.8 Å². The van der Waals surface area contributed by atoms with Crippen LogP contribution in [0.1, 0.15) is 45.4 Å². The summed E-state index contributed by atoms with van der Waals surface area (Å²) >= 11 is 1.88. The number of rotatable bonds is 8. The van der Waals surface area contributed by atoms with Gasteiger partial charge in [-0.1, -0.05) is 19.8 Å². The fourth-order valence-electron chi connectivity index (χ4n) is 2.30. The van der Waals surface area contributed by atoms with Crippen LogP contribution < -0.4 is 5.32 Å². The van der Waals surface area contributed by atoms with E-state index in [9.17, 15) is 9.59 Å². The molecule has 0 radical (unpaired) electrons. The molecule has 1 aliphatic rings. The molecule has 5 heteroatoms. The third-order valence-corrected chi connectivity index (χ3v) is 4.19. The summed E-state index contributed by atoms with van der Waals surface area (Å²) in [7, 11) is 0. The van der Waals surface area contributed by atoms with Crippen LogP contribution in [0.4, 0.5) is 0 Å². The quantitative estimate of drug-likeness (QED) is 0.695. The highest BCUT2D eigenvalue weighted by Crippen LogP contribution is 2.10. The number of carbonyl (C=O) groups is 2. The smallest absolute Gasteiger partial charge is 0.245 e. The highest BCUT2D eigenvalue weighted by molar-refractivity contribution is 7.98. The normalized spacial score (nSPS) is 20.3. The lowest BCUT2D eigenvalue weighted by molar-refractivity contribution is -0.133. The zero-order valence-electron chi connectivity index (χ0n) is 12.1. The second kappa shape index (κ2) is 9.23. The Hall–Kier alpha value is -0.710. The molecule has 1 heterocycles. The average molecular weight is 286 g/mol. The Labute approximate surface area is 120 Å². The zero-order chi connectivity index (χ0) is 14.1. The van der Waals surface area contributed by atoms with Crippen LogP contribution in [0.25, 0.3) is 0 Å². The number of thioether (sulfide) groups is 1. The van der Waals surface area contributed by atoms with E-state index in [4.69, 9.17) is 0 Å². The molecule has 0 aromatic rings. The van der Waals surface area contributed by atoms with Crippen molar-refractivity contribution in [2.75, 3.05) is 25.1 Å². The predicted molar refractivity (Wildman–Crippen MR) is 80.3 cm³/mol. The molecule has 0 saturated carbocycles. The van der Waals surface area contributed by atoms with Crippen LogP contribution in [-0.4, -0.2) is 47.9 Å². The number of nitrogens with one attached hydrogen (secondary N) is 1. The van der Waals surface area contributed by atoms with E-state index in [1.165, 1.54) is 25.0 Å². The van der Waals surface area contributed by atoms with Gasteiger partial charge in [-0.2, -0.15) is 11.8 Å². The molecule has 0 bridgehead atoms. The van der Waals surface area contributed by atoms with Crippen molar-refractivity contribution in [3.05, 3.63) is 0 Å². The van der Waals surface area contributed by atoms with Gasteiger partial charge in [-0.3, -0.25) is 9.59 Å².